The van der Waals surface area contributed by atoms with Crippen LogP contribution in [-0.4, -0.2) is 20.9 Å². The van der Waals surface area contributed by atoms with Gasteiger partial charge in [0.15, 0.2) is 0 Å². The van der Waals surface area contributed by atoms with Crippen molar-refractivity contribution in [2.45, 2.75) is 18.4 Å². The van der Waals surface area contributed by atoms with Crippen molar-refractivity contribution < 1.29 is 13.2 Å². The molecule has 150 valence electrons. The zero-order chi connectivity index (χ0) is 20.9. The third-order valence-corrected chi connectivity index (χ3v) is 6.11. The zero-order valence-electron chi connectivity index (χ0n) is 16.1. The summed E-state index contributed by atoms with van der Waals surface area (Å²) in [6.07, 6.45) is 0. The first-order chi connectivity index (χ1) is 13.9. The molecule has 0 radical (unpaired) electrons. The van der Waals surface area contributed by atoms with Gasteiger partial charge in [-0.1, -0.05) is 48.5 Å². The topological polar surface area (TPSA) is 92.5 Å². The molecule has 0 unspecified atom stereocenters. The van der Waals surface area contributed by atoms with Gasteiger partial charge >= 0.3 is 0 Å². The number of sulfonamides is 1. The van der Waals surface area contributed by atoms with Crippen LogP contribution in [0, 0.1) is 6.92 Å². The minimum absolute atomic E-state index is 0.0347. The predicted molar refractivity (Wildman–Crippen MR) is 115 cm³/mol. The van der Waals surface area contributed by atoms with Crippen molar-refractivity contribution in [1.29, 1.82) is 0 Å². The Labute approximate surface area is 171 Å². The summed E-state index contributed by atoms with van der Waals surface area (Å²) in [4.78, 5) is 11.3. The molecule has 29 heavy (non-hydrogen) atoms. The smallest absolute Gasteiger partial charge is 0.264 e. The van der Waals surface area contributed by atoms with Crippen molar-refractivity contribution in [1.82, 2.24) is 0 Å². The van der Waals surface area contributed by atoms with E-state index in [1.165, 1.54) is 4.31 Å². The number of nitrogens with two attached hydrogens (primary N) is 1. The molecular formula is C22H23N3O3S. The molecule has 0 saturated carbocycles. The number of nitrogens with zero attached hydrogens (tertiary/aromatic N) is 1. The van der Waals surface area contributed by atoms with Gasteiger partial charge in [0.25, 0.3) is 10.0 Å². The summed E-state index contributed by atoms with van der Waals surface area (Å²) in [5, 5.41) is 2.94. The van der Waals surface area contributed by atoms with Gasteiger partial charge in [-0.3, -0.25) is 9.10 Å². The minimum Gasteiger partial charge on any atom is -0.376 e. The summed E-state index contributed by atoms with van der Waals surface area (Å²) < 4.78 is 28.3. The van der Waals surface area contributed by atoms with E-state index in [0.29, 0.717) is 11.4 Å². The third-order valence-electron chi connectivity index (χ3n) is 4.32. The van der Waals surface area contributed by atoms with Gasteiger partial charge in [0, 0.05) is 5.69 Å². The second-order valence-corrected chi connectivity index (χ2v) is 8.55. The summed E-state index contributed by atoms with van der Waals surface area (Å²) in [5.74, 6) is -0.494. The molecule has 0 bridgehead atoms. The van der Waals surface area contributed by atoms with E-state index >= 15 is 0 Å². The van der Waals surface area contributed by atoms with Gasteiger partial charge in [0.1, 0.15) is 0 Å². The van der Waals surface area contributed by atoms with Gasteiger partial charge in [0.2, 0.25) is 5.91 Å². The number of aryl methyl sites for hydroxylation is 1. The number of carbonyl (C=O) groups is 1. The Hall–Kier alpha value is -3.32. The maximum absolute atomic E-state index is 13.5. The molecule has 3 N–H and O–H groups in total. The van der Waals surface area contributed by atoms with Crippen LogP contribution in [0.4, 0.5) is 11.4 Å². The lowest BCUT2D eigenvalue weighted by molar-refractivity contribution is -0.116. The SMILES string of the molecule is Cc1cc(NCC(N)=O)cc(N(Cc2ccccc2)S(=O)(=O)c2ccccc2)c1. The fourth-order valence-electron chi connectivity index (χ4n) is 2.98. The fourth-order valence-corrected chi connectivity index (χ4v) is 4.44. The van der Waals surface area contributed by atoms with Crippen LogP contribution >= 0.6 is 0 Å². The number of nitrogens with one attached hydrogen (secondary N) is 1. The predicted octanol–water partition coefficient (Wildman–Crippen LogP) is 3.29. The molecule has 0 spiro atoms. The first-order valence-corrected chi connectivity index (χ1v) is 10.6. The Kier molecular flexibility index (Phi) is 6.19. The van der Waals surface area contributed by atoms with Gasteiger partial charge in [-0.15, -0.1) is 0 Å². The van der Waals surface area contributed by atoms with Crippen molar-refractivity contribution in [3.8, 4) is 0 Å². The number of anilines is 2. The van der Waals surface area contributed by atoms with E-state index < -0.39 is 15.9 Å². The molecule has 0 heterocycles. The van der Waals surface area contributed by atoms with E-state index in [0.717, 1.165) is 11.1 Å². The lowest BCUT2D eigenvalue weighted by atomic mass is 10.1. The molecule has 0 aliphatic carbocycles. The number of carbonyl (C=O) groups excluding carboxylic acids is 1. The third kappa shape index (κ3) is 5.14. The number of hydrogen-bond donors (Lipinski definition) is 2. The van der Waals surface area contributed by atoms with Crippen LogP contribution in [0.15, 0.2) is 83.8 Å². The Bertz CT molecular complexity index is 1080. The average Bonchev–Trinajstić information content (AvgIpc) is 2.71. The quantitative estimate of drug-likeness (QED) is 0.597. The molecule has 0 fully saturated rings. The highest BCUT2D eigenvalue weighted by atomic mass is 32.2. The number of rotatable bonds is 8. The maximum atomic E-state index is 13.5. The molecule has 0 aliphatic rings. The summed E-state index contributed by atoms with van der Waals surface area (Å²) in [6.45, 7) is 2.01. The van der Waals surface area contributed by atoms with E-state index in [1.54, 1.807) is 42.5 Å². The standard InChI is InChI=1S/C22H23N3O3S/c1-17-12-19(24-15-22(23)26)14-20(13-17)25(16-18-8-4-2-5-9-18)29(27,28)21-10-6-3-7-11-21/h2-14,24H,15-16H2,1H3,(H2,23,26). The summed E-state index contributed by atoms with van der Waals surface area (Å²) >= 11 is 0. The van der Waals surface area contributed by atoms with Crippen LogP contribution in [0.2, 0.25) is 0 Å². The van der Waals surface area contributed by atoms with Gasteiger partial charge < -0.3 is 11.1 Å². The van der Waals surface area contributed by atoms with E-state index in [9.17, 15) is 13.2 Å². The molecule has 3 aromatic carbocycles. The summed E-state index contributed by atoms with van der Waals surface area (Å²) in [7, 11) is -3.80. The molecular weight excluding hydrogens is 386 g/mol. The van der Waals surface area contributed by atoms with Crippen molar-refractivity contribution in [2.24, 2.45) is 5.73 Å². The molecule has 1 amide bonds. The van der Waals surface area contributed by atoms with Crippen molar-refractivity contribution in [3.63, 3.8) is 0 Å². The zero-order valence-corrected chi connectivity index (χ0v) is 16.9. The van der Waals surface area contributed by atoms with E-state index in [2.05, 4.69) is 5.32 Å². The molecule has 0 atom stereocenters. The van der Waals surface area contributed by atoms with Crippen molar-refractivity contribution >= 4 is 27.3 Å². The molecule has 7 heteroatoms. The average molecular weight is 410 g/mol. The Balaban J connectivity index is 2.07. The highest BCUT2D eigenvalue weighted by Gasteiger charge is 2.25. The molecule has 3 rings (SSSR count). The van der Waals surface area contributed by atoms with Gasteiger partial charge in [-0.2, -0.15) is 0 Å². The van der Waals surface area contributed by atoms with E-state index in [4.69, 9.17) is 5.73 Å². The van der Waals surface area contributed by atoms with Gasteiger partial charge in [-0.25, -0.2) is 8.42 Å². The molecule has 0 aromatic heterocycles. The highest BCUT2D eigenvalue weighted by Crippen LogP contribution is 2.29. The number of hydrogen-bond acceptors (Lipinski definition) is 4. The largest absolute Gasteiger partial charge is 0.376 e. The van der Waals surface area contributed by atoms with Crippen LogP contribution in [0.1, 0.15) is 11.1 Å². The highest BCUT2D eigenvalue weighted by molar-refractivity contribution is 7.92. The van der Waals surface area contributed by atoms with Crippen LogP contribution in [-0.2, 0) is 21.4 Å². The Morgan fingerprint density at radius 3 is 2.21 bits per heavy atom. The van der Waals surface area contributed by atoms with Crippen molar-refractivity contribution in [3.05, 3.63) is 90.0 Å². The molecule has 3 aromatic rings. The summed E-state index contributed by atoms with van der Waals surface area (Å²) in [6, 6.07) is 23.1. The number of benzene rings is 3. The lowest BCUT2D eigenvalue weighted by Crippen LogP contribution is -2.30. The minimum atomic E-state index is -3.80. The normalized spacial score (nSPS) is 11.1. The molecule has 0 saturated heterocycles. The number of primary amides is 1. The second-order valence-electron chi connectivity index (χ2n) is 6.69. The van der Waals surface area contributed by atoms with Crippen LogP contribution in [0.5, 0.6) is 0 Å². The van der Waals surface area contributed by atoms with Gasteiger partial charge in [0.05, 0.1) is 23.7 Å². The van der Waals surface area contributed by atoms with Crippen LogP contribution < -0.4 is 15.4 Å². The van der Waals surface area contributed by atoms with E-state index in [-0.39, 0.29) is 18.0 Å². The maximum Gasteiger partial charge on any atom is 0.264 e. The Morgan fingerprint density at radius 2 is 1.59 bits per heavy atom. The first kappa shape index (κ1) is 20.4. The van der Waals surface area contributed by atoms with E-state index in [1.807, 2.05) is 43.3 Å². The lowest BCUT2D eigenvalue weighted by Gasteiger charge is -2.26. The second kappa shape index (κ2) is 8.79. The number of amides is 1. The van der Waals surface area contributed by atoms with Crippen molar-refractivity contribution in [2.75, 3.05) is 16.2 Å². The first-order valence-electron chi connectivity index (χ1n) is 9.12. The monoisotopic (exact) mass is 409 g/mol. The summed E-state index contributed by atoms with van der Waals surface area (Å²) in [5.41, 5.74) is 8.06. The molecule has 0 aliphatic heterocycles. The molecule has 6 nitrogen and oxygen atoms in total. The van der Waals surface area contributed by atoms with Crippen LogP contribution in [0.25, 0.3) is 0 Å². The van der Waals surface area contributed by atoms with Crippen LogP contribution in [0.3, 0.4) is 0 Å². The fraction of sp³-hybridized carbons (Fsp3) is 0.136. The Morgan fingerprint density at radius 1 is 0.966 bits per heavy atom. The van der Waals surface area contributed by atoms with Gasteiger partial charge in [-0.05, 0) is 48.4 Å².